The number of aromatic amines is 2. The summed E-state index contributed by atoms with van der Waals surface area (Å²) in [6.45, 7) is 10.6. The van der Waals surface area contributed by atoms with Gasteiger partial charge in [0.05, 0.1) is 16.6 Å². The molecule has 2 aromatic heterocycles. The topological polar surface area (TPSA) is 69.4 Å². The number of rotatable bonds is 7. The average Bonchev–Trinajstić information content (AvgIpc) is 3.56. The van der Waals surface area contributed by atoms with Gasteiger partial charge in [0.2, 0.25) is 0 Å². The Bertz CT molecular complexity index is 1770. The lowest BCUT2D eigenvalue weighted by Crippen LogP contribution is -2.13. The van der Waals surface area contributed by atoms with Gasteiger partial charge in [-0.05, 0) is 84.0 Å². The summed E-state index contributed by atoms with van der Waals surface area (Å²) >= 11 is 0. The van der Waals surface area contributed by atoms with Crippen LogP contribution in [0.4, 0.5) is 0 Å². The second kappa shape index (κ2) is 9.92. The number of fused-ring (bicyclic) bond motifs is 2. The minimum absolute atomic E-state index is 0.774. The molecule has 0 amide bonds. The lowest BCUT2D eigenvalue weighted by atomic mass is 9.92. The third-order valence-electron chi connectivity index (χ3n) is 7.59. The van der Waals surface area contributed by atoms with Gasteiger partial charge in [-0.25, -0.2) is 4.98 Å². The van der Waals surface area contributed by atoms with Gasteiger partial charge >= 0.3 is 0 Å². The minimum Gasteiger partial charge on any atom is -0.337 e. The second-order valence-corrected chi connectivity index (χ2v) is 10.00. The summed E-state index contributed by atoms with van der Waals surface area (Å²) in [4.78, 5) is 8.61. The molecule has 0 fully saturated rings. The van der Waals surface area contributed by atoms with E-state index in [-0.39, 0.29) is 0 Å². The molecule has 0 atom stereocenters. The van der Waals surface area contributed by atoms with E-state index in [0.717, 1.165) is 58.5 Å². The molecule has 2 heterocycles. The summed E-state index contributed by atoms with van der Waals surface area (Å²) in [6.07, 6.45) is 1.01. The summed E-state index contributed by atoms with van der Waals surface area (Å²) in [5.74, 6) is 0.774. The van der Waals surface area contributed by atoms with E-state index in [2.05, 4.69) is 116 Å². The Balaban J connectivity index is 1.48. The molecule has 5 nitrogen and oxygen atoms in total. The van der Waals surface area contributed by atoms with Gasteiger partial charge in [-0.3, -0.25) is 5.10 Å². The van der Waals surface area contributed by atoms with Crippen LogP contribution in [0.25, 0.3) is 55.7 Å². The molecule has 6 rings (SSSR count). The van der Waals surface area contributed by atoms with Crippen LogP contribution in [0, 0.1) is 13.8 Å². The highest BCUT2D eigenvalue weighted by molar-refractivity contribution is 5.98. The van der Waals surface area contributed by atoms with E-state index < -0.39 is 0 Å². The van der Waals surface area contributed by atoms with Gasteiger partial charge in [0, 0.05) is 17.5 Å². The zero-order valence-electron chi connectivity index (χ0n) is 22.4. The standard InChI is InChI=1S/C33H33N5/c1-5-22-16-24(19-34-6-2)21(4)27(17-22)23-14-15-29-28(18-23)32(38-37-29)33-35-30-13-9-12-26(31(30)36-33)25-11-8-7-10-20(25)3/h7-18,34H,5-6,19H2,1-4H3,(H,35,36)(H,37,38). The van der Waals surface area contributed by atoms with Gasteiger partial charge in [-0.2, -0.15) is 5.10 Å². The maximum absolute atomic E-state index is 5.07. The largest absolute Gasteiger partial charge is 0.337 e. The van der Waals surface area contributed by atoms with Gasteiger partial charge in [0.25, 0.3) is 0 Å². The smallest absolute Gasteiger partial charge is 0.159 e. The summed E-state index contributed by atoms with van der Waals surface area (Å²) in [6, 6.07) is 26.0. The zero-order valence-corrected chi connectivity index (χ0v) is 22.4. The van der Waals surface area contributed by atoms with Crippen LogP contribution in [0.3, 0.4) is 0 Å². The number of hydrogen-bond acceptors (Lipinski definition) is 3. The van der Waals surface area contributed by atoms with Crippen molar-refractivity contribution in [2.24, 2.45) is 0 Å². The molecule has 0 aliphatic heterocycles. The number of para-hydroxylation sites is 1. The first-order chi connectivity index (χ1) is 18.6. The fourth-order valence-corrected chi connectivity index (χ4v) is 5.39. The van der Waals surface area contributed by atoms with E-state index in [4.69, 9.17) is 10.1 Å². The highest BCUT2D eigenvalue weighted by atomic mass is 15.1. The fourth-order valence-electron chi connectivity index (χ4n) is 5.39. The number of nitrogens with one attached hydrogen (secondary N) is 3. The quantitative estimate of drug-likeness (QED) is 0.210. The Morgan fingerprint density at radius 2 is 1.66 bits per heavy atom. The van der Waals surface area contributed by atoms with Crippen LogP contribution in [0.1, 0.15) is 36.1 Å². The maximum atomic E-state index is 5.07. The van der Waals surface area contributed by atoms with Crippen molar-refractivity contribution in [3.05, 3.63) is 95.1 Å². The highest BCUT2D eigenvalue weighted by Gasteiger charge is 2.17. The van der Waals surface area contributed by atoms with E-state index in [1.54, 1.807) is 0 Å². The molecule has 0 unspecified atom stereocenters. The van der Waals surface area contributed by atoms with Gasteiger partial charge in [-0.1, -0.05) is 68.4 Å². The van der Waals surface area contributed by atoms with E-state index in [1.165, 1.54) is 38.9 Å². The lowest BCUT2D eigenvalue weighted by molar-refractivity contribution is 0.723. The first kappa shape index (κ1) is 24.1. The van der Waals surface area contributed by atoms with E-state index >= 15 is 0 Å². The lowest BCUT2D eigenvalue weighted by Gasteiger charge is -2.15. The van der Waals surface area contributed by atoms with Crippen LogP contribution in [-0.4, -0.2) is 26.7 Å². The van der Waals surface area contributed by atoms with Crippen molar-refractivity contribution >= 4 is 21.9 Å². The summed E-state index contributed by atoms with van der Waals surface area (Å²) < 4.78 is 0. The van der Waals surface area contributed by atoms with Crippen LogP contribution in [0.2, 0.25) is 0 Å². The van der Waals surface area contributed by atoms with Crippen molar-refractivity contribution in [1.82, 2.24) is 25.5 Å². The van der Waals surface area contributed by atoms with Crippen molar-refractivity contribution < 1.29 is 0 Å². The van der Waals surface area contributed by atoms with Gasteiger partial charge < -0.3 is 10.3 Å². The fraction of sp³-hybridized carbons (Fsp3) is 0.212. The molecule has 0 radical (unpaired) electrons. The molecular formula is C33H33N5. The van der Waals surface area contributed by atoms with Crippen molar-refractivity contribution in [1.29, 1.82) is 0 Å². The predicted molar refractivity (Wildman–Crippen MR) is 158 cm³/mol. The van der Waals surface area contributed by atoms with Crippen LogP contribution in [0.5, 0.6) is 0 Å². The number of H-pyrrole nitrogens is 2. The van der Waals surface area contributed by atoms with Crippen molar-refractivity contribution in [2.75, 3.05) is 6.54 Å². The number of benzene rings is 4. The first-order valence-corrected chi connectivity index (χ1v) is 13.4. The Morgan fingerprint density at radius 3 is 2.47 bits per heavy atom. The van der Waals surface area contributed by atoms with Gasteiger partial charge in [0.1, 0.15) is 5.69 Å². The van der Waals surface area contributed by atoms with Crippen LogP contribution in [0.15, 0.2) is 72.8 Å². The molecule has 5 heteroatoms. The normalized spacial score (nSPS) is 11.6. The third kappa shape index (κ3) is 4.19. The van der Waals surface area contributed by atoms with E-state index in [1.807, 2.05) is 0 Å². The molecule has 4 aromatic carbocycles. The maximum Gasteiger partial charge on any atom is 0.159 e. The number of imidazole rings is 1. The number of aryl methyl sites for hydroxylation is 2. The van der Waals surface area contributed by atoms with Crippen LogP contribution < -0.4 is 5.32 Å². The van der Waals surface area contributed by atoms with Crippen LogP contribution in [-0.2, 0) is 13.0 Å². The molecule has 0 aliphatic rings. The average molecular weight is 500 g/mol. The van der Waals surface area contributed by atoms with Crippen LogP contribution >= 0.6 is 0 Å². The molecule has 38 heavy (non-hydrogen) atoms. The van der Waals surface area contributed by atoms with Crippen molar-refractivity contribution in [2.45, 2.75) is 40.7 Å². The Kier molecular flexibility index (Phi) is 6.30. The molecule has 190 valence electrons. The predicted octanol–water partition coefficient (Wildman–Crippen LogP) is 7.73. The number of nitrogens with zero attached hydrogens (tertiary/aromatic N) is 2. The van der Waals surface area contributed by atoms with E-state index in [9.17, 15) is 0 Å². The summed E-state index contributed by atoms with van der Waals surface area (Å²) in [5.41, 5.74) is 13.9. The molecule has 0 saturated heterocycles. The summed E-state index contributed by atoms with van der Waals surface area (Å²) in [7, 11) is 0. The summed E-state index contributed by atoms with van der Waals surface area (Å²) in [5, 5.41) is 12.5. The number of aromatic nitrogens is 4. The second-order valence-electron chi connectivity index (χ2n) is 10.00. The Hall–Kier alpha value is -4.22. The molecule has 6 aromatic rings. The Morgan fingerprint density at radius 1 is 0.816 bits per heavy atom. The van der Waals surface area contributed by atoms with Crippen molar-refractivity contribution in [3.8, 4) is 33.8 Å². The molecule has 0 bridgehead atoms. The molecule has 3 N–H and O–H groups in total. The molecule has 0 spiro atoms. The number of hydrogen-bond donors (Lipinski definition) is 3. The molecule has 0 aliphatic carbocycles. The molecular weight excluding hydrogens is 466 g/mol. The highest BCUT2D eigenvalue weighted by Crippen LogP contribution is 2.35. The van der Waals surface area contributed by atoms with E-state index in [0.29, 0.717) is 0 Å². The zero-order chi connectivity index (χ0) is 26.2. The molecule has 0 saturated carbocycles. The SMILES string of the molecule is CCNCc1cc(CC)cc(-c2ccc3[nH]nc(-c4nc5c(-c6ccccc6C)cccc5[nH]4)c3c2)c1C. The minimum atomic E-state index is 0.774. The van der Waals surface area contributed by atoms with Gasteiger partial charge in [0.15, 0.2) is 5.82 Å². The third-order valence-corrected chi connectivity index (χ3v) is 7.59. The van der Waals surface area contributed by atoms with Crippen molar-refractivity contribution in [3.63, 3.8) is 0 Å². The van der Waals surface area contributed by atoms with Gasteiger partial charge in [-0.15, -0.1) is 0 Å². The monoisotopic (exact) mass is 499 g/mol. The Labute approximate surface area is 223 Å². The first-order valence-electron chi connectivity index (χ1n) is 13.4.